The molecule has 2 fully saturated rings. The lowest BCUT2D eigenvalue weighted by molar-refractivity contribution is 0.341. The van der Waals surface area contributed by atoms with Crippen LogP contribution in [0.4, 0.5) is 5.95 Å². The van der Waals surface area contributed by atoms with Gasteiger partial charge in [-0.1, -0.05) is 0 Å². The highest BCUT2D eigenvalue weighted by Gasteiger charge is 2.21. The van der Waals surface area contributed by atoms with Gasteiger partial charge in [0.1, 0.15) is 5.82 Å². The SMILES string of the molecule is NCC1CCN(c2n[nH]c(CCN3CCCC3)n2)CC1. The van der Waals surface area contributed by atoms with E-state index < -0.39 is 0 Å². The number of rotatable bonds is 5. The first-order chi connectivity index (χ1) is 9.85. The molecule has 0 bridgehead atoms. The maximum absolute atomic E-state index is 5.73. The number of aromatic nitrogens is 3. The van der Waals surface area contributed by atoms with Crippen molar-refractivity contribution in [2.45, 2.75) is 32.1 Å². The van der Waals surface area contributed by atoms with Crippen molar-refractivity contribution in [2.24, 2.45) is 11.7 Å². The molecule has 1 aromatic rings. The fraction of sp³-hybridized carbons (Fsp3) is 0.857. The Labute approximate surface area is 120 Å². The number of anilines is 1. The molecule has 2 aliphatic rings. The standard InChI is InChI=1S/C14H26N6/c15-11-12-3-9-20(10-4-12)14-16-13(17-18-14)5-8-19-6-1-2-7-19/h12H,1-11,15H2,(H,16,17,18). The molecule has 2 saturated heterocycles. The van der Waals surface area contributed by atoms with Crippen LogP contribution in [0.1, 0.15) is 31.5 Å². The molecule has 0 aliphatic carbocycles. The molecule has 3 heterocycles. The summed E-state index contributed by atoms with van der Waals surface area (Å²) in [6.45, 7) is 6.46. The van der Waals surface area contributed by atoms with E-state index >= 15 is 0 Å². The molecule has 0 atom stereocenters. The first-order valence-corrected chi connectivity index (χ1v) is 7.94. The summed E-state index contributed by atoms with van der Waals surface area (Å²) in [6, 6.07) is 0. The molecule has 20 heavy (non-hydrogen) atoms. The molecule has 3 rings (SSSR count). The first kappa shape index (κ1) is 13.8. The second-order valence-electron chi connectivity index (χ2n) is 6.05. The molecule has 112 valence electrons. The van der Waals surface area contributed by atoms with Gasteiger partial charge in [-0.3, -0.25) is 5.10 Å². The Hall–Kier alpha value is -1.14. The Balaban J connectivity index is 1.49. The summed E-state index contributed by atoms with van der Waals surface area (Å²) in [5.74, 6) is 2.57. The predicted octanol–water partition coefficient (Wildman–Crippen LogP) is 0.618. The number of nitrogens with two attached hydrogens (primary N) is 1. The Morgan fingerprint density at radius 1 is 1.15 bits per heavy atom. The fourth-order valence-electron chi connectivity index (χ4n) is 3.18. The summed E-state index contributed by atoms with van der Waals surface area (Å²) in [5, 5.41) is 7.47. The number of piperidine rings is 1. The van der Waals surface area contributed by atoms with Crippen molar-refractivity contribution >= 4 is 5.95 Å². The summed E-state index contributed by atoms with van der Waals surface area (Å²) in [4.78, 5) is 9.44. The summed E-state index contributed by atoms with van der Waals surface area (Å²) in [6.07, 6.45) is 5.99. The Morgan fingerprint density at radius 3 is 2.60 bits per heavy atom. The van der Waals surface area contributed by atoms with Gasteiger partial charge in [-0.25, -0.2) is 0 Å². The van der Waals surface area contributed by atoms with Crippen molar-refractivity contribution in [1.29, 1.82) is 0 Å². The van der Waals surface area contributed by atoms with Crippen LogP contribution in [0, 0.1) is 5.92 Å². The number of aromatic amines is 1. The van der Waals surface area contributed by atoms with Crippen LogP contribution in [-0.4, -0.2) is 59.3 Å². The van der Waals surface area contributed by atoms with E-state index in [4.69, 9.17) is 5.73 Å². The second kappa shape index (κ2) is 6.54. The van der Waals surface area contributed by atoms with Gasteiger partial charge >= 0.3 is 0 Å². The highest BCUT2D eigenvalue weighted by atomic mass is 15.4. The lowest BCUT2D eigenvalue weighted by Gasteiger charge is -2.30. The van der Waals surface area contributed by atoms with Crippen LogP contribution in [0.15, 0.2) is 0 Å². The Kier molecular flexibility index (Phi) is 4.52. The van der Waals surface area contributed by atoms with Crippen LogP contribution in [0.5, 0.6) is 0 Å². The molecule has 6 heteroatoms. The van der Waals surface area contributed by atoms with Gasteiger partial charge < -0.3 is 15.5 Å². The van der Waals surface area contributed by atoms with E-state index in [1.807, 2.05) is 0 Å². The number of nitrogens with one attached hydrogen (secondary N) is 1. The van der Waals surface area contributed by atoms with E-state index in [0.717, 1.165) is 57.2 Å². The molecule has 3 N–H and O–H groups in total. The molecule has 0 saturated carbocycles. The molecular weight excluding hydrogens is 252 g/mol. The minimum Gasteiger partial charge on any atom is -0.340 e. The third kappa shape index (κ3) is 3.30. The molecule has 0 aromatic carbocycles. The number of likely N-dealkylation sites (tertiary alicyclic amines) is 1. The van der Waals surface area contributed by atoms with E-state index in [1.165, 1.54) is 25.9 Å². The number of hydrogen-bond acceptors (Lipinski definition) is 5. The zero-order valence-corrected chi connectivity index (χ0v) is 12.2. The van der Waals surface area contributed by atoms with Gasteiger partial charge in [0.15, 0.2) is 0 Å². The normalized spacial score (nSPS) is 21.8. The lowest BCUT2D eigenvalue weighted by atomic mass is 9.97. The lowest BCUT2D eigenvalue weighted by Crippen LogP contribution is -2.36. The molecule has 1 aromatic heterocycles. The third-order valence-corrected chi connectivity index (χ3v) is 4.61. The summed E-state index contributed by atoms with van der Waals surface area (Å²) in [7, 11) is 0. The largest absolute Gasteiger partial charge is 0.340 e. The van der Waals surface area contributed by atoms with E-state index in [2.05, 4.69) is 25.0 Å². The monoisotopic (exact) mass is 278 g/mol. The average molecular weight is 278 g/mol. The van der Waals surface area contributed by atoms with Crippen molar-refractivity contribution < 1.29 is 0 Å². The predicted molar refractivity (Wildman–Crippen MR) is 79.8 cm³/mol. The van der Waals surface area contributed by atoms with E-state index in [1.54, 1.807) is 0 Å². The van der Waals surface area contributed by atoms with Crippen LogP contribution in [0.2, 0.25) is 0 Å². The Morgan fingerprint density at radius 2 is 1.90 bits per heavy atom. The van der Waals surface area contributed by atoms with E-state index in [0.29, 0.717) is 5.92 Å². The zero-order valence-electron chi connectivity index (χ0n) is 12.2. The maximum Gasteiger partial charge on any atom is 0.244 e. The van der Waals surface area contributed by atoms with Gasteiger partial charge in [0.2, 0.25) is 5.95 Å². The molecular formula is C14H26N6. The van der Waals surface area contributed by atoms with Crippen LogP contribution >= 0.6 is 0 Å². The van der Waals surface area contributed by atoms with Gasteiger partial charge in [0, 0.05) is 26.1 Å². The van der Waals surface area contributed by atoms with Gasteiger partial charge in [0.05, 0.1) is 0 Å². The molecule has 0 amide bonds. The van der Waals surface area contributed by atoms with Crippen molar-refractivity contribution in [3.05, 3.63) is 5.82 Å². The maximum atomic E-state index is 5.73. The number of nitrogens with zero attached hydrogens (tertiary/aromatic N) is 4. The molecule has 0 radical (unpaired) electrons. The van der Waals surface area contributed by atoms with Crippen molar-refractivity contribution in [2.75, 3.05) is 44.2 Å². The van der Waals surface area contributed by atoms with E-state index in [-0.39, 0.29) is 0 Å². The molecule has 0 unspecified atom stereocenters. The highest BCUT2D eigenvalue weighted by molar-refractivity contribution is 5.29. The van der Waals surface area contributed by atoms with Gasteiger partial charge in [-0.15, -0.1) is 5.10 Å². The smallest absolute Gasteiger partial charge is 0.244 e. The number of H-pyrrole nitrogens is 1. The second-order valence-corrected chi connectivity index (χ2v) is 6.05. The number of hydrogen-bond donors (Lipinski definition) is 2. The van der Waals surface area contributed by atoms with Crippen LogP contribution in [-0.2, 0) is 6.42 Å². The van der Waals surface area contributed by atoms with Crippen LogP contribution in [0.25, 0.3) is 0 Å². The fourth-order valence-corrected chi connectivity index (χ4v) is 3.18. The van der Waals surface area contributed by atoms with Crippen molar-refractivity contribution in [3.8, 4) is 0 Å². The third-order valence-electron chi connectivity index (χ3n) is 4.61. The average Bonchev–Trinajstić information content (AvgIpc) is 3.17. The Bertz CT molecular complexity index is 404. The zero-order chi connectivity index (χ0) is 13.8. The first-order valence-electron chi connectivity index (χ1n) is 7.94. The molecule has 0 spiro atoms. The molecule has 6 nitrogen and oxygen atoms in total. The van der Waals surface area contributed by atoms with Gasteiger partial charge in [-0.2, -0.15) is 4.98 Å². The van der Waals surface area contributed by atoms with Crippen molar-refractivity contribution in [3.63, 3.8) is 0 Å². The van der Waals surface area contributed by atoms with Crippen LogP contribution < -0.4 is 10.6 Å². The minimum atomic E-state index is 0.680. The van der Waals surface area contributed by atoms with Crippen LogP contribution in [0.3, 0.4) is 0 Å². The summed E-state index contributed by atoms with van der Waals surface area (Å²) < 4.78 is 0. The van der Waals surface area contributed by atoms with Gasteiger partial charge in [-0.05, 0) is 51.2 Å². The van der Waals surface area contributed by atoms with Crippen molar-refractivity contribution in [1.82, 2.24) is 20.1 Å². The molecule has 2 aliphatic heterocycles. The van der Waals surface area contributed by atoms with E-state index in [9.17, 15) is 0 Å². The highest BCUT2D eigenvalue weighted by Crippen LogP contribution is 2.19. The summed E-state index contributed by atoms with van der Waals surface area (Å²) in [5.41, 5.74) is 5.73. The quantitative estimate of drug-likeness (QED) is 0.826. The minimum absolute atomic E-state index is 0.680. The summed E-state index contributed by atoms with van der Waals surface area (Å²) >= 11 is 0. The topological polar surface area (TPSA) is 74.1 Å². The van der Waals surface area contributed by atoms with Gasteiger partial charge in [0.25, 0.3) is 0 Å².